The van der Waals surface area contributed by atoms with Crippen molar-refractivity contribution in [1.29, 1.82) is 0 Å². The number of nitrogens with two attached hydrogens (primary N) is 1. The zero-order valence-electron chi connectivity index (χ0n) is 14.0. The van der Waals surface area contributed by atoms with Crippen LogP contribution < -0.4 is 5.14 Å². The van der Waals surface area contributed by atoms with E-state index in [0.717, 1.165) is 19.3 Å². The Labute approximate surface area is 137 Å². The van der Waals surface area contributed by atoms with Crippen molar-refractivity contribution in [3.05, 3.63) is 11.5 Å². The molecule has 0 heterocycles. The van der Waals surface area contributed by atoms with Gasteiger partial charge in [0.25, 0.3) is 0 Å². The van der Waals surface area contributed by atoms with E-state index in [1.54, 1.807) is 0 Å². The van der Waals surface area contributed by atoms with E-state index in [1.165, 1.54) is 64.2 Å². The fraction of sp³-hybridized carbons (Fsp3) is 0.778. The van der Waals surface area contributed by atoms with Crippen LogP contribution in [0.4, 0.5) is 0 Å². The number of rotatable bonds is 15. The normalized spacial score (nSPS) is 11.3. The van der Waals surface area contributed by atoms with Gasteiger partial charge in [0.2, 0.25) is 10.0 Å². The number of terminal acetylenes is 1. The standard InChI is InChI=1S/C18H33NO2S/c1-3-4-5-6-7-8-9-10-11-12-13-14-15-16-17-18(2)22(19,20)21/h1H,2,4-17H2,(H2,19,20,21). The van der Waals surface area contributed by atoms with Gasteiger partial charge in [-0.15, -0.1) is 12.3 Å². The molecule has 0 aliphatic carbocycles. The van der Waals surface area contributed by atoms with Crippen molar-refractivity contribution < 1.29 is 8.42 Å². The van der Waals surface area contributed by atoms with Crippen LogP contribution >= 0.6 is 0 Å². The second-order valence-corrected chi connectivity index (χ2v) is 7.70. The lowest BCUT2D eigenvalue weighted by Crippen LogP contribution is -2.13. The van der Waals surface area contributed by atoms with Crippen molar-refractivity contribution in [2.75, 3.05) is 0 Å². The molecule has 0 spiro atoms. The summed E-state index contributed by atoms with van der Waals surface area (Å²) in [4.78, 5) is 0.162. The molecule has 3 nitrogen and oxygen atoms in total. The maximum absolute atomic E-state index is 11.0. The second kappa shape index (κ2) is 13.8. The lowest BCUT2D eigenvalue weighted by molar-refractivity contribution is 0.542. The average molecular weight is 328 g/mol. The van der Waals surface area contributed by atoms with Gasteiger partial charge in [-0.3, -0.25) is 0 Å². The van der Waals surface area contributed by atoms with Gasteiger partial charge < -0.3 is 0 Å². The van der Waals surface area contributed by atoms with Gasteiger partial charge in [-0.1, -0.05) is 70.8 Å². The van der Waals surface area contributed by atoms with Crippen LogP contribution in [0.5, 0.6) is 0 Å². The fourth-order valence-electron chi connectivity index (χ4n) is 2.46. The predicted octanol–water partition coefficient (Wildman–Crippen LogP) is 4.88. The lowest BCUT2D eigenvalue weighted by Gasteiger charge is -2.04. The molecular formula is C18H33NO2S. The summed E-state index contributed by atoms with van der Waals surface area (Å²) in [5.74, 6) is 2.68. The highest BCUT2D eigenvalue weighted by atomic mass is 32.2. The van der Waals surface area contributed by atoms with Crippen molar-refractivity contribution in [2.24, 2.45) is 5.14 Å². The summed E-state index contributed by atoms with van der Waals surface area (Å²) in [5, 5.41) is 5.00. The quantitative estimate of drug-likeness (QED) is 0.344. The Hall–Kier alpha value is -0.790. The second-order valence-electron chi connectivity index (χ2n) is 6.03. The van der Waals surface area contributed by atoms with E-state index in [1.807, 2.05) is 0 Å². The Morgan fingerprint density at radius 1 is 0.818 bits per heavy atom. The Morgan fingerprint density at radius 3 is 1.55 bits per heavy atom. The molecule has 0 fully saturated rings. The van der Waals surface area contributed by atoms with Gasteiger partial charge in [0.15, 0.2) is 0 Å². The number of unbranched alkanes of at least 4 members (excludes halogenated alkanes) is 12. The molecule has 0 saturated heterocycles. The zero-order valence-corrected chi connectivity index (χ0v) is 14.8. The van der Waals surface area contributed by atoms with Crippen LogP contribution in [0.15, 0.2) is 11.5 Å². The van der Waals surface area contributed by atoms with E-state index in [4.69, 9.17) is 11.6 Å². The molecule has 128 valence electrons. The molecule has 0 aromatic heterocycles. The van der Waals surface area contributed by atoms with Gasteiger partial charge in [0.1, 0.15) is 0 Å². The van der Waals surface area contributed by atoms with Crippen LogP contribution in [0.2, 0.25) is 0 Å². The van der Waals surface area contributed by atoms with Crippen LogP contribution in [0, 0.1) is 12.3 Å². The average Bonchev–Trinajstić information content (AvgIpc) is 2.46. The Kier molecular flexibility index (Phi) is 13.3. The van der Waals surface area contributed by atoms with E-state index in [9.17, 15) is 8.42 Å². The lowest BCUT2D eigenvalue weighted by atomic mass is 10.0. The Bertz CT molecular complexity index is 421. The van der Waals surface area contributed by atoms with Crippen LogP contribution in [-0.2, 0) is 10.0 Å². The molecule has 22 heavy (non-hydrogen) atoms. The summed E-state index contributed by atoms with van der Waals surface area (Å²) >= 11 is 0. The van der Waals surface area contributed by atoms with Crippen molar-refractivity contribution in [3.63, 3.8) is 0 Å². The molecule has 0 aromatic rings. The minimum absolute atomic E-state index is 0.162. The van der Waals surface area contributed by atoms with E-state index in [2.05, 4.69) is 12.5 Å². The number of hydrogen-bond acceptors (Lipinski definition) is 2. The summed E-state index contributed by atoms with van der Waals surface area (Å²) in [7, 11) is -3.52. The van der Waals surface area contributed by atoms with Crippen LogP contribution in [0.3, 0.4) is 0 Å². The van der Waals surface area contributed by atoms with Crippen LogP contribution in [0.1, 0.15) is 89.9 Å². The summed E-state index contributed by atoms with van der Waals surface area (Å²) in [6.45, 7) is 3.50. The molecular weight excluding hydrogens is 294 g/mol. The highest BCUT2D eigenvalue weighted by molar-refractivity contribution is 7.93. The van der Waals surface area contributed by atoms with Gasteiger partial charge in [-0.2, -0.15) is 0 Å². The van der Waals surface area contributed by atoms with Gasteiger partial charge in [-0.05, 0) is 19.3 Å². The highest BCUT2D eigenvalue weighted by Gasteiger charge is 2.07. The topological polar surface area (TPSA) is 60.2 Å². The van der Waals surface area contributed by atoms with Crippen molar-refractivity contribution in [2.45, 2.75) is 89.9 Å². The molecule has 0 rings (SSSR count). The highest BCUT2D eigenvalue weighted by Crippen LogP contribution is 2.15. The van der Waals surface area contributed by atoms with Crippen molar-refractivity contribution in [3.8, 4) is 12.3 Å². The van der Waals surface area contributed by atoms with E-state index >= 15 is 0 Å². The third-order valence-electron chi connectivity index (χ3n) is 3.93. The monoisotopic (exact) mass is 327 g/mol. The molecule has 0 unspecified atom stereocenters. The first kappa shape index (κ1) is 21.2. The molecule has 0 radical (unpaired) electrons. The fourth-order valence-corrected chi connectivity index (χ4v) is 2.89. The molecule has 0 amide bonds. The molecule has 2 N–H and O–H groups in total. The van der Waals surface area contributed by atoms with E-state index < -0.39 is 10.0 Å². The minimum atomic E-state index is -3.52. The summed E-state index contributed by atoms with van der Waals surface area (Å²) < 4.78 is 21.9. The van der Waals surface area contributed by atoms with Gasteiger partial charge in [0.05, 0.1) is 4.91 Å². The Morgan fingerprint density at radius 2 is 1.18 bits per heavy atom. The Balaban J connectivity index is 3.18. The van der Waals surface area contributed by atoms with Gasteiger partial charge in [0, 0.05) is 6.42 Å². The van der Waals surface area contributed by atoms with Gasteiger partial charge >= 0.3 is 0 Å². The maximum Gasteiger partial charge on any atom is 0.233 e. The van der Waals surface area contributed by atoms with E-state index in [-0.39, 0.29) is 4.91 Å². The molecule has 0 aromatic carbocycles. The maximum atomic E-state index is 11.0. The van der Waals surface area contributed by atoms with Gasteiger partial charge in [-0.25, -0.2) is 13.6 Å². The number of allylic oxidation sites excluding steroid dienone is 1. The first-order valence-corrected chi connectivity index (χ1v) is 10.2. The minimum Gasteiger partial charge on any atom is -0.225 e. The summed E-state index contributed by atoms with van der Waals surface area (Å²) in [6, 6.07) is 0. The number of primary sulfonamides is 1. The molecule has 4 heteroatoms. The molecule has 0 aliphatic rings. The molecule has 0 aliphatic heterocycles. The SMILES string of the molecule is C#CCCCCCCCCCCCCCCC(=C)S(N)(=O)=O. The first-order valence-electron chi connectivity index (χ1n) is 8.62. The smallest absolute Gasteiger partial charge is 0.225 e. The summed E-state index contributed by atoms with van der Waals surface area (Å²) in [6.07, 6.45) is 21.3. The van der Waals surface area contributed by atoms with E-state index in [0.29, 0.717) is 6.42 Å². The summed E-state index contributed by atoms with van der Waals surface area (Å²) in [5.41, 5.74) is 0. The van der Waals surface area contributed by atoms with Crippen molar-refractivity contribution >= 4 is 10.0 Å². The largest absolute Gasteiger partial charge is 0.233 e. The third kappa shape index (κ3) is 14.2. The third-order valence-corrected chi connectivity index (χ3v) is 4.94. The predicted molar refractivity (Wildman–Crippen MR) is 95.7 cm³/mol. The molecule has 0 saturated carbocycles. The van der Waals surface area contributed by atoms with Crippen LogP contribution in [0.25, 0.3) is 0 Å². The number of hydrogen-bond donors (Lipinski definition) is 1. The molecule has 0 atom stereocenters. The number of sulfonamides is 1. The van der Waals surface area contributed by atoms with Crippen LogP contribution in [-0.4, -0.2) is 8.42 Å². The zero-order chi connectivity index (χ0) is 16.7. The molecule has 0 bridgehead atoms. The van der Waals surface area contributed by atoms with Crippen molar-refractivity contribution in [1.82, 2.24) is 0 Å². The first-order chi connectivity index (χ1) is 10.5.